The van der Waals surface area contributed by atoms with Crippen molar-refractivity contribution in [2.24, 2.45) is 0 Å². The first-order valence-corrected chi connectivity index (χ1v) is 11.9. The van der Waals surface area contributed by atoms with E-state index in [1.54, 1.807) is 31.4 Å². The van der Waals surface area contributed by atoms with E-state index in [4.69, 9.17) is 14.2 Å². The quantitative estimate of drug-likeness (QED) is 0.453. The SMILES string of the molecule is COc1ccc(CCNC(=O)c2ccccc2NC(=O)CN(C)Cc2ccc3c(c2)OCCO3)cc1. The van der Waals surface area contributed by atoms with Crippen LogP contribution >= 0.6 is 0 Å². The molecular formula is C28H31N3O5. The van der Waals surface area contributed by atoms with Crippen molar-refractivity contribution in [3.05, 3.63) is 83.4 Å². The van der Waals surface area contributed by atoms with Crippen molar-refractivity contribution in [1.82, 2.24) is 10.2 Å². The van der Waals surface area contributed by atoms with Crippen LogP contribution in [0.2, 0.25) is 0 Å². The van der Waals surface area contributed by atoms with E-state index in [-0.39, 0.29) is 18.4 Å². The first-order chi connectivity index (χ1) is 17.5. The maximum Gasteiger partial charge on any atom is 0.253 e. The summed E-state index contributed by atoms with van der Waals surface area (Å²) < 4.78 is 16.4. The molecule has 8 heteroatoms. The number of fused-ring (bicyclic) bond motifs is 1. The summed E-state index contributed by atoms with van der Waals surface area (Å²) in [6.45, 7) is 2.29. The summed E-state index contributed by atoms with van der Waals surface area (Å²) in [6.07, 6.45) is 0.689. The van der Waals surface area contributed by atoms with Crippen LogP contribution in [0.5, 0.6) is 17.2 Å². The molecule has 0 aromatic heterocycles. The van der Waals surface area contributed by atoms with Gasteiger partial charge in [-0.3, -0.25) is 14.5 Å². The second-order valence-electron chi connectivity index (χ2n) is 8.60. The van der Waals surface area contributed by atoms with Gasteiger partial charge in [0, 0.05) is 13.1 Å². The first kappa shape index (κ1) is 25.1. The Morgan fingerprint density at radius 3 is 2.44 bits per heavy atom. The highest BCUT2D eigenvalue weighted by Gasteiger charge is 2.16. The predicted octanol–water partition coefficient (Wildman–Crippen LogP) is 3.51. The third-order valence-electron chi connectivity index (χ3n) is 5.78. The molecule has 0 saturated heterocycles. The number of likely N-dealkylation sites (N-methyl/N-ethyl adjacent to an activating group) is 1. The molecule has 188 valence electrons. The number of rotatable bonds is 10. The van der Waals surface area contributed by atoms with E-state index in [9.17, 15) is 9.59 Å². The number of carbonyl (C=O) groups is 2. The van der Waals surface area contributed by atoms with Gasteiger partial charge < -0.3 is 24.8 Å². The number of hydrogen-bond donors (Lipinski definition) is 2. The van der Waals surface area contributed by atoms with Crippen molar-refractivity contribution in [3.63, 3.8) is 0 Å². The summed E-state index contributed by atoms with van der Waals surface area (Å²) in [5.41, 5.74) is 3.03. The summed E-state index contributed by atoms with van der Waals surface area (Å²) in [5, 5.41) is 5.81. The molecule has 2 N–H and O–H groups in total. The minimum atomic E-state index is -0.232. The van der Waals surface area contributed by atoms with Gasteiger partial charge in [0.1, 0.15) is 19.0 Å². The lowest BCUT2D eigenvalue weighted by molar-refractivity contribution is -0.117. The van der Waals surface area contributed by atoms with E-state index >= 15 is 0 Å². The van der Waals surface area contributed by atoms with Crippen LogP contribution in [0.25, 0.3) is 0 Å². The molecule has 0 aliphatic carbocycles. The number of amides is 2. The summed E-state index contributed by atoms with van der Waals surface area (Å²) >= 11 is 0. The van der Waals surface area contributed by atoms with Crippen molar-refractivity contribution < 1.29 is 23.8 Å². The van der Waals surface area contributed by atoms with Crippen LogP contribution < -0.4 is 24.8 Å². The van der Waals surface area contributed by atoms with E-state index in [0.717, 1.165) is 28.4 Å². The van der Waals surface area contributed by atoms with Crippen LogP contribution in [0, 0.1) is 0 Å². The molecular weight excluding hydrogens is 458 g/mol. The fourth-order valence-corrected chi connectivity index (χ4v) is 3.99. The lowest BCUT2D eigenvalue weighted by atomic mass is 10.1. The van der Waals surface area contributed by atoms with E-state index in [1.807, 2.05) is 54.4 Å². The molecule has 0 atom stereocenters. The monoisotopic (exact) mass is 489 g/mol. The maximum absolute atomic E-state index is 12.8. The Morgan fingerprint density at radius 2 is 1.67 bits per heavy atom. The Labute approximate surface area is 211 Å². The number of carbonyl (C=O) groups excluding carboxylic acids is 2. The molecule has 1 aliphatic rings. The van der Waals surface area contributed by atoms with Crippen molar-refractivity contribution in [2.75, 3.05) is 45.8 Å². The molecule has 36 heavy (non-hydrogen) atoms. The van der Waals surface area contributed by atoms with Gasteiger partial charge >= 0.3 is 0 Å². The number of para-hydroxylation sites is 1. The Kier molecular flexibility index (Phi) is 8.41. The minimum absolute atomic E-state index is 0.169. The third kappa shape index (κ3) is 6.76. The van der Waals surface area contributed by atoms with E-state index in [2.05, 4.69) is 10.6 Å². The zero-order chi connectivity index (χ0) is 25.3. The first-order valence-electron chi connectivity index (χ1n) is 11.9. The van der Waals surface area contributed by atoms with Crippen molar-refractivity contribution in [1.29, 1.82) is 0 Å². The Balaban J connectivity index is 1.28. The average molecular weight is 490 g/mol. The predicted molar refractivity (Wildman–Crippen MR) is 138 cm³/mol. The average Bonchev–Trinajstić information content (AvgIpc) is 2.89. The fourth-order valence-electron chi connectivity index (χ4n) is 3.99. The van der Waals surface area contributed by atoms with Gasteiger partial charge in [0.2, 0.25) is 5.91 Å². The number of benzene rings is 3. The van der Waals surface area contributed by atoms with Gasteiger partial charge in [-0.15, -0.1) is 0 Å². The maximum atomic E-state index is 12.8. The molecule has 2 amide bonds. The van der Waals surface area contributed by atoms with Gasteiger partial charge in [0.25, 0.3) is 5.91 Å². The number of methoxy groups -OCH3 is 1. The fraction of sp³-hybridized carbons (Fsp3) is 0.286. The van der Waals surface area contributed by atoms with Crippen LogP contribution in [0.1, 0.15) is 21.5 Å². The van der Waals surface area contributed by atoms with E-state index < -0.39 is 0 Å². The van der Waals surface area contributed by atoms with Gasteiger partial charge in [-0.2, -0.15) is 0 Å². The molecule has 8 nitrogen and oxygen atoms in total. The van der Waals surface area contributed by atoms with E-state index in [0.29, 0.717) is 44.0 Å². The third-order valence-corrected chi connectivity index (χ3v) is 5.78. The lowest BCUT2D eigenvalue weighted by Gasteiger charge is -2.21. The van der Waals surface area contributed by atoms with Crippen molar-refractivity contribution >= 4 is 17.5 Å². The van der Waals surface area contributed by atoms with Crippen LogP contribution in [0.3, 0.4) is 0 Å². The van der Waals surface area contributed by atoms with Crippen LogP contribution in [0.15, 0.2) is 66.7 Å². The molecule has 0 unspecified atom stereocenters. The molecule has 4 rings (SSSR count). The summed E-state index contributed by atoms with van der Waals surface area (Å²) in [4.78, 5) is 27.4. The highest BCUT2D eigenvalue weighted by Crippen LogP contribution is 2.31. The summed E-state index contributed by atoms with van der Waals surface area (Å²) in [7, 11) is 3.50. The zero-order valence-electron chi connectivity index (χ0n) is 20.6. The van der Waals surface area contributed by atoms with Crippen LogP contribution in [-0.2, 0) is 17.8 Å². The Hall–Kier alpha value is -4.04. The molecule has 1 aliphatic heterocycles. The highest BCUT2D eigenvalue weighted by atomic mass is 16.6. The summed E-state index contributed by atoms with van der Waals surface area (Å²) in [6, 6.07) is 20.5. The Bertz CT molecular complexity index is 1200. The number of nitrogens with one attached hydrogen (secondary N) is 2. The normalized spacial score (nSPS) is 12.2. The van der Waals surface area contributed by atoms with Gasteiger partial charge in [-0.1, -0.05) is 30.3 Å². The van der Waals surface area contributed by atoms with Crippen LogP contribution in [0.4, 0.5) is 5.69 Å². The molecule has 0 saturated carbocycles. The Morgan fingerprint density at radius 1 is 0.944 bits per heavy atom. The summed E-state index contributed by atoms with van der Waals surface area (Å²) in [5.74, 6) is 1.83. The standard InChI is InChI=1S/C28H31N3O5/c1-31(18-21-9-12-25-26(17-21)36-16-15-35-25)19-27(32)30-24-6-4-3-5-23(24)28(33)29-14-13-20-7-10-22(34-2)11-8-20/h3-12,17H,13-16,18-19H2,1-2H3,(H,29,33)(H,30,32). The van der Waals surface area contributed by atoms with Gasteiger partial charge in [0.15, 0.2) is 11.5 Å². The molecule has 0 radical (unpaired) electrons. The molecule has 0 spiro atoms. The van der Waals surface area contributed by atoms with Crippen molar-refractivity contribution in [2.45, 2.75) is 13.0 Å². The lowest BCUT2D eigenvalue weighted by Crippen LogP contribution is -2.31. The van der Waals surface area contributed by atoms with Gasteiger partial charge in [-0.05, 0) is 61.0 Å². The topological polar surface area (TPSA) is 89.1 Å². The molecule has 3 aromatic rings. The largest absolute Gasteiger partial charge is 0.497 e. The van der Waals surface area contributed by atoms with Gasteiger partial charge in [-0.25, -0.2) is 0 Å². The smallest absolute Gasteiger partial charge is 0.253 e. The zero-order valence-corrected chi connectivity index (χ0v) is 20.6. The highest BCUT2D eigenvalue weighted by molar-refractivity contribution is 6.04. The second-order valence-corrected chi connectivity index (χ2v) is 8.60. The van der Waals surface area contributed by atoms with Gasteiger partial charge in [0.05, 0.1) is 24.9 Å². The second kappa shape index (κ2) is 12.1. The number of anilines is 1. The minimum Gasteiger partial charge on any atom is -0.497 e. The molecule has 3 aromatic carbocycles. The van der Waals surface area contributed by atoms with Crippen LogP contribution in [-0.4, -0.2) is 57.2 Å². The van der Waals surface area contributed by atoms with Crippen molar-refractivity contribution in [3.8, 4) is 17.2 Å². The molecule has 1 heterocycles. The number of hydrogen-bond acceptors (Lipinski definition) is 6. The van der Waals surface area contributed by atoms with E-state index in [1.165, 1.54) is 0 Å². The molecule has 0 bridgehead atoms. The number of nitrogens with zero attached hydrogens (tertiary/aromatic N) is 1. The molecule has 0 fully saturated rings. The number of ether oxygens (including phenoxy) is 3.